The van der Waals surface area contributed by atoms with Crippen molar-refractivity contribution in [2.24, 2.45) is 4.99 Å². The van der Waals surface area contributed by atoms with Crippen LogP contribution in [-0.4, -0.2) is 41.7 Å². The number of aliphatic imine (C=N–C) groups is 1. The van der Waals surface area contributed by atoms with Crippen LogP contribution in [0.5, 0.6) is 0 Å². The van der Waals surface area contributed by atoms with Crippen LogP contribution in [0.4, 0.5) is 14.5 Å². The Balaban J connectivity index is 0.00000289. The number of anilines is 1. The van der Waals surface area contributed by atoms with Crippen LogP contribution in [0.1, 0.15) is 17.5 Å². The zero-order valence-corrected chi connectivity index (χ0v) is 20.2. The molecule has 170 valence electrons. The summed E-state index contributed by atoms with van der Waals surface area (Å²) in [5.41, 5.74) is 2.38. The Morgan fingerprint density at radius 2 is 1.91 bits per heavy atom. The maximum Gasteiger partial charge on any atom is 0.191 e. The van der Waals surface area contributed by atoms with Crippen molar-refractivity contribution in [2.45, 2.75) is 25.6 Å². The van der Waals surface area contributed by atoms with E-state index in [9.17, 15) is 8.78 Å². The Hall–Kier alpha value is -2.69. The molecule has 1 aliphatic rings. The lowest BCUT2D eigenvalue weighted by Crippen LogP contribution is -2.44. The molecule has 1 saturated heterocycles. The van der Waals surface area contributed by atoms with Gasteiger partial charge in [0.1, 0.15) is 17.3 Å². The van der Waals surface area contributed by atoms with E-state index in [1.165, 1.54) is 23.8 Å². The van der Waals surface area contributed by atoms with E-state index in [-0.39, 0.29) is 35.7 Å². The SMILES string of the molecule is CN=C(NCc1cccc(Cn2ccnc2)c1)NC1CCN(c2c(F)cccc2F)C1.I. The van der Waals surface area contributed by atoms with Crippen LogP contribution in [0.3, 0.4) is 0 Å². The first-order valence-corrected chi connectivity index (χ1v) is 10.3. The van der Waals surface area contributed by atoms with E-state index in [1.807, 2.05) is 16.8 Å². The molecule has 6 nitrogen and oxygen atoms in total. The standard InChI is InChI=1S/C23H26F2N6.HI/c1-26-23(28-13-17-4-2-5-18(12-17)14-30-11-9-27-16-30)29-19-8-10-31(15-19)22-20(24)6-3-7-21(22)25;/h2-7,9,11-12,16,19H,8,10,13-15H2,1H3,(H2,26,28,29);1H. The van der Waals surface area contributed by atoms with E-state index < -0.39 is 11.6 Å². The van der Waals surface area contributed by atoms with Crippen LogP contribution in [0, 0.1) is 11.6 Å². The lowest BCUT2D eigenvalue weighted by molar-refractivity contribution is 0.576. The molecule has 0 saturated carbocycles. The minimum atomic E-state index is -0.529. The second-order valence-corrected chi connectivity index (χ2v) is 7.63. The molecule has 0 amide bonds. The quantitative estimate of drug-likeness (QED) is 0.278. The summed E-state index contributed by atoms with van der Waals surface area (Å²) in [6, 6.07) is 12.4. The van der Waals surface area contributed by atoms with E-state index in [0.717, 1.165) is 18.5 Å². The molecule has 1 aromatic heterocycles. The van der Waals surface area contributed by atoms with Crippen molar-refractivity contribution in [1.82, 2.24) is 20.2 Å². The fourth-order valence-corrected chi connectivity index (χ4v) is 3.88. The van der Waals surface area contributed by atoms with Gasteiger partial charge in [-0.3, -0.25) is 4.99 Å². The number of para-hydroxylation sites is 1. The average molecular weight is 552 g/mol. The van der Waals surface area contributed by atoms with Gasteiger partial charge in [0.15, 0.2) is 5.96 Å². The number of benzene rings is 2. The van der Waals surface area contributed by atoms with Gasteiger partial charge in [0.05, 0.1) is 6.33 Å². The molecule has 1 atom stereocenters. The van der Waals surface area contributed by atoms with Crippen LogP contribution < -0.4 is 15.5 Å². The predicted molar refractivity (Wildman–Crippen MR) is 133 cm³/mol. The number of nitrogens with zero attached hydrogens (tertiary/aromatic N) is 4. The average Bonchev–Trinajstić information content (AvgIpc) is 3.44. The van der Waals surface area contributed by atoms with Gasteiger partial charge >= 0.3 is 0 Å². The minimum absolute atomic E-state index is 0. The summed E-state index contributed by atoms with van der Waals surface area (Å²) < 4.78 is 30.2. The molecule has 0 bridgehead atoms. The van der Waals surface area contributed by atoms with Gasteiger partial charge in [-0.25, -0.2) is 13.8 Å². The highest BCUT2D eigenvalue weighted by Crippen LogP contribution is 2.26. The van der Waals surface area contributed by atoms with Crippen molar-refractivity contribution in [3.8, 4) is 0 Å². The van der Waals surface area contributed by atoms with Crippen LogP contribution in [0.25, 0.3) is 0 Å². The molecule has 4 rings (SSSR count). The number of guanidine groups is 1. The van der Waals surface area contributed by atoms with Gasteiger partial charge in [0.25, 0.3) is 0 Å². The summed E-state index contributed by atoms with van der Waals surface area (Å²) in [6.07, 6.45) is 6.28. The second-order valence-electron chi connectivity index (χ2n) is 7.63. The highest BCUT2D eigenvalue weighted by Gasteiger charge is 2.27. The van der Waals surface area contributed by atoms with Gasteiger partial charge < -0.3 is 20.1 Å². The van der Waals surface area contributed by atoms with Crippen molar-refractivity contribution in [1.29, 1.82) is 0 Å². The Morgan fingerprint density at radius 1 is 1.16 bits per heavy atom. The summed E-state index contributed by atoms with van der Waals surface area (Å²) in [5.74, 6) is -0.390. The van der Waals surface area contributed by atoms with Gasteiger partial charge in [-0.2, -0.15) is 0 Å². The fraction of sp³-hybridized carbons (Fsp3) is 0.304. The number of hydrogen-bond donors (Lipinski definition) is 2. The zero-order chi connectivity index (χ0) is 21.6. The summed E-state index contributed by atoms with van der Waals surface area (Å²) in [4.78, 5) is 10.1. The summed E-state index contributed by atoms with van der Waals surface area (Å²) in [6.45, 7) is 2.49. The zero-order valence-electron chi connectivity index (χ0n) is 17.8. The molecule has 32 heavy (non-hydrogen) atoms. The second kappa shape index (κ2) is 11.3. The molecule has 1 fully saturated rings. The maximum atomic E-state index is 14.1. The highest BCUT2D eigenvalue weighted by atomic mass is 127. The topological polar surface area (TPSA) is 57.5 Å². The Kier molecular flexibility index (Phi) is 8.43. The molecule has 3 aromatic rings. The Labute approximate surface area is 203 Å². The summed E-state index contributed by atoms with van der Waals surface area (Å²) in [5, 5.41) is 6.69. The van der Waals surface area contributed by atoms with E-state index in [0.29, 0.717) is 25.6 Å². The van der Waals surface area contributed by atoms with Gasteiger partial charge in [-0.1, -0.05) is 30.3 Å². The van der Waals surface area contributed by atoms with Crippen molar-refractivity contribution in [3.05, 3.63) is 83.9 Å². The van der Waals surface area contributed by atoms with Gasteiger partial charge in [0, 0.05) is 51.7 Å². The molecular weight excluding hydrogens is 525 g/mol. The monoisotopic (exact) mass is 552 g/mol. The third-order valence-electron chi connectivity index (χ3n) is 5.38. The number of imidazole rings is 1. The molecule has 0 aliphatic carbocycles. The summed E-state index contributed by atoms with van der Waals surface area (Å²) in [7, 11) is 1.72. The van der Waals surface area contributed by atoms with Crippen molar-refractivity contribution in [2.75, 3.05) is 25.0 Å². The van der Waals surface area contributed by atoms with Gasteiger partial charge in [-0.15, -0.1) is 24.0 Å². The van der Waals surface area contributed by atoms with Crippen LogP contribution in [0.2, 0.25) is 0 Å². The minimum Gasteiger partial charge on any atom is -0.365 e. The first-order valence-electron chi connectivity index (χ1n) is 10.3. The normalized spacial score (nSPS) is 16.0. The number of hydrogen-bond acceptors (Lipinski definition) is 3. The van der Waals surface area contributed by atoms with Crippen LogP contribution >= 0.6 is 24.0 Å². The molecule has 2 aromatic carbocycles. The Bertz CT molecular complexity index is 1020. The summed E-state index contributed by atoms with van der Waals surface area (Å²) >= 11 is 0. The lowest BCUT2D eigenvalue weighted by atomic mass is 10.1. The smallest absolute Gasteiger partial charge is 0.191 e. The number of nitrogens with one attached hydrogen (secondary N) is 2. The van der Waals surface area contributed by atoms with E-state index >= 15 is 0 Å². The van der Waals surface area contributed by atoms with Gasteiger partial charge in [-0.05, 0) is 29.7 Å². The number of halogens is 3. The fourth-order valence-electron chi connectivity index (χ4n) is 3.88. The third kappa shape index (κ3) is 5.96. The largest absolute Gasteiger partial charge is 0.365 e. The maximum absolute atomic E-state index is 14.1. The molecule has 1 unspecified atom stereocenters. The Morgan fingerprint density at radius 3 is 2.62 bits per heavy atom. The number of aromatic nitrogens is 2. The molecule has 0 spiro atoms. The first kappa shape index (κ1) is 24.0. The van der Waals surface area contributed by atoms with E-state index in [2.05, 4.69) is 38.8 Å². The molecule has 2 heterocycles. The van der Waals surface area contributed by atoms with E-state index in [1.54, 1.807) is 24.5 Å². The molecule has 9 heteroatoms. The van der Waals surface area contributed by atoms with Crippen molar-refractivity contribution >= 4 is 35.6 Å². The molecular formula is C23H27F2IN6. The first-order chi connectivity index (χ1) is 15.1. The van der Waals surface area contributed by atoms with Crippen molar-refractivity contribution < 1.29 is 8.78 Å². The molecule has 2 N–H and O–H groups in total. The molecule has 1 aliphatic heterocycles. The molecule has 0 radical (unpaired) electrons. The van der Waals surface area contributed by atoms with Crippen LogP contribution in [0.15, 0.2) is 66.2 Å². The van der Waals surface area contributed by atoms with E-state index in [4.69, 9.17) is 0 Å². The van der Waals surface area contributed by atoms with Crippen molar-refractivity contribution in [3.63, 3.8) is 0 Å². The van der Waals surface area contributed by atoms with Gasteiger partial charge in [0.2, 0.25) is 0 Å². The van der Waals surface area contributed by atoms with Crippen LogP contribution in [-0.2, 0) is 13.1 Å². The highest BCUT2D eigenvalue weighted by molar-refractivity contribution is 14.0. The predicted octanol–water partition coefficient (Wildman–Crippen LogP) is 3.77. The third-order valence-corrected chi connectivity index (χ3v) is 5.38. The lowest BCUT2D eigenvalue weighted by Gasteiger charge is -2.21. The number of rotatable bonds is 6.